The maximum absolute atomic E-state index is 11.6. The summed E-state index contributed by atoms with van der Waals surface area (Å²) in [5.41, 5.74) is 5.43. The van der Waals surface area contributed by atoms with Crippen molar-refractivity contribution in [3.05, 3.63) is 0 Å². The van der Waals surface area contributed by atoms with Gasteiger partial charge >= 0.3 is 0 Å². The first-order valence-corrected chi connectivity index (χ1v) is 5.35. The Morgan fingerprint density at radius 3 is 2.50 bits per heavy atom. The van der Waals surface area contributed by atoms with Crippen LogP contribution in [0.25, 0.3) is 0 Å². The quantitative estimate of drug-likeness (QED) is 0.258. The van der Waals surface area contributed by atoms with Gasteiger partial charge in [-0.3, -0.25) is 4.79 Å². The maximum Gasteiger partial charge on any atom is 0.238 e. The number of likely N-dealkylation sites (N-methyl/N-ethyl adjacent to an activating group) is 1. The number of rotatable bonds is 6. The molecule has 4 N–H and O–H groups in total. The van der Waals surface area contributed by atoms with E-state index in [1.165, 1.54) is 4.90 Å². The number of amides is 1. The topological polar surface area (TPSA) is 91.0 Å². The van der Waals surface area contributed by atoms with Gasteiger partial charge in [0.1, 0.15) is 5.84 Å². The summed E-state index contributed by atoms with van der Waals surface area (Å²) < 4.78 is 0. The fraction of sp³-hybridized carbons (Fsp3) is 0.800. The number of carbonyl (C=O) groups excluding carboxylic acids is 1. The number of nitrogens with two attached hydrogens (primary N) is 1. The Hall–Kier alpha value is -1.30. The van der Waals surface area contributed by atoms with Crippen molar-refractivity contribution in [1.29, 1.82) is 0 Å². The first kappa shape index (κ1) is 14.7. The number of hydrogen-bond acceptors (Lipinski definition) is 4. The number of carbonyl (C=O) groups is 1. The predicted molar refractivity (Wildman–Crippen MR) is 63.4 cm³/mol. The molecule has 94 valence electrons. The van der Waals surface area contributed by atoms with Gasteiger partial charge in [0.05, 0.1) is 6.04 Å². The van der Waals surface area contributed by atoms with Crippen molar-refractivity contribution in [3.8, 4) is 0 Å². The van der Waals surface area contributed by atoms with Gasteiger partial charge in [0, 0.05) is 26.6 Å². The number of hydrogen-bond donors (Lipinski definition) is 3. The summed E-state index contributed by atoms with van der Waals surface area (Å²) in [5.74, 6) is 0.182. The highest BCUT2D eigenvalue weighted by Crippen LogP contribution is 2.01. The van der Waals surface area contributed by atoms with E-state index < -0.39 is 0 Å². The van der Waals surface area contributed by atoms with Crippen molar-refractivity contribution in [1.82, 2.24) is 10.2 Å². The van der Waals surface area contributed by atoms with Crippen molar-refractivity contribution < 1.29 is 10.0 Å². The van der Waals surface area contributed by atoms with Crippen LogP contribution in [0.1, 0.15) is 26.7 Å². The molecular formula is C10H22N4O2. The van der Waals surface area contributed by atoms with Crippen LogP contribution in [0, 0.1) is 0 Å². The normalized spacial score (nSPS) is 15.6. The van der Waals surface area contributed by atoms with E-state index in [0.717, 1.165) is 6.42 Å². The summed E-state index contributed by atoms with van der Waals surface area (Å²) >= 11 is 0. The van der Waals surface area contributed by atoms with Gasteiger partial charge in [-0.25, -0.2) is 0 Å². The Labute approximate surface area is 96.5 Å². The van der Waals surface area contributed by atoms with Crippen molar-refractivity contribution in [2.75, 3.05) is 14.1 Å². The molecule has 0 heterocycles. The molecule has 0 aliphatic carbocycles. The molecule has 16 heavy (non-hydrogen) atoms. The monoisotopic (exact) mass is 230 g/mol. The Kier molecular flexibility index (Phi) is 6.48. The van der Waals surface area contributed by atoms with Crippen LogP contribution in [0.15, 0.2) is 5.16 Å². The zero-order valence-corrected chi connectivity index (χ0v) is 10.4. The molecule has 0 aromatic rings. The summed E-state index contributed by atoms with van der Waals surface area (Å²) in [6.45, 7) is 3.78. The van der Waals surface area contributed by atoms with E-state index in [1.54, 1.807) is 21.0 Å². The van der Waals surface area contributed by atoms with Crippen molar-refractivity contribution >= 4 is 11.7 Å². The first-order valence-electron chi connectivity index (χ1n) is 5.35. The molecule has 0 aliphatic heterocycles. The molecule has 1 amide bonds. The highest BCUT2D eigenvalue weighted by atomic mass is 16.4. The molecule has 2 unspecified atom stereocenters. The number of nitrogens with one attached hydrogen (secondary N) is 1. The lowest BCUT2D eigenvalue weighted by atomic mass is 10.1. The number of amidine groups is 1. The number of oxime groups is 1. The zero-order chi connectivity index (χ0) is 12.7. The van der Waals surface area contributed by atoms with E-state index in [2.05, 4.69) is 10.5 Å². The molecule has 0 fully saturated rings. The first-order chi connectivity index (χ1) is 7.42. The molecule has 6 nitrogen and oxygen atoms in total. The van der Waals surface area contributed by atoms with Gasteiger partial charge in [-0.15, -0.1) is 0 Å². The second-order valence-electron chi connectivity index (χ2n) is 4.02. The Balaban J connectivity index is 4.27. The summed E-state index contributed by atoms with van der Waals surface area (Å²) in [6.07, 6.45) is 1.24. The van der Waals surface area contributed by atoms with Gasteiger partial charge in [-0.2, -0.15) is 0 Å². The minimum absolute atomic E-state index is 0.0120. The number of nitrogens with zero attached hydrogens (tertiary/aromatic N) is 2. The lowest BCUT2D eigenvalue weighted by Gasteiger charge is -2.23. The summed E-state index contributed by atoms with van der Waals surface area (Å²) in [6, 6.07) is -0.235. The summed E-state index contributed by atoms with van der Waals surface area (Å²) in [4.78, 5) is 13.1. The van der Waals surface area contributed by atoms with E-state index in [4.69, 9.17) is 10.9 Å². The fourth-order valence-corrected chi connectivity index (χ4v) is 1.43. The molecule has 0 spiro atoms. The zero-order valence-electron chi connectivity index (χ0n) is 10.4. The lowest BCUT2D eigenvalue weighted by Crippen LogP contribution is -2.47. The average molecular weight is 230 g/mol. The summed E-state index contributed by atoms with van der Waals surface area (Å²) in [7, 11) is 3.43. The molecule has 6 heteroatoms. The van der Waals surface area contributed by atoms with Gasteiger partial charge in [0.15, 0.2) is 0 Å². The van der Waals surface area contributed by atoms with E-state index in [0.29, 0.717) is 6.42 Å². The maximum atomic E-state index is 11.6. The standard InChI is InChI=1S/C10H22N4O2/c1-5-8(6-9(11)13-16)12-7(2)10(15)14(3)4/h7-8,12,16H,5-6H2,1-4H3,(H2,11,13). The van der Waals surface area contributed by atoms with E-state index in [-0.39, 0.29) is 23.8 Å². The Morgan fingerprint density at radius 1 is 1.56 bits per heavy atom. The minimum atomic E-state index is -0.272. The molecular weight excluding hydrogens is 208 g/mol. The highest BCUT2D eigenvalue weighted by Gasteiger charge is 2.18. The molecule has 2 atom stereocenters. The van der Waals surface area contributed by atoms with Gasteiger partial charge < -0.3 is 21.2 Å². The van der Waals surface area contributed by atoms with Crippen LogP contribution in [-0.2, 0) is 4.79 Å². The van der Waals surface area contributed by atoms with Gasteiger partial charge in [0.25, 0.3) is 0 Å². The summed E-state index contributed by atoms with van der Waals surface area (Å²) in [5, 5.41) is 14.5. The van der Waals surface area contributed by atoms with Crippen LogP contribution in [0.5, 0.6) is 0 Å². The van der Waals surface area contributed by atoms with Crippen molar-refractivity contribution in [2.45, 2.75) is 38.8 Å². The Bertz CT molecular complexity index is 253. The predicted octanol–water partition coefficient (Wildman–Crippen LogP) is -0.0322. The molecule has 0 saturated heterocycles. The Morgan fingerprint density at radius 2 is 2.12 bits per heavy atom. The largest absolute Gasteiger partial charge is 0.409 e. The van der Waals surface area contributed by atoms with E-state index in [1.807, 2.05) is 6.92 Å². The van der Waals surface area contributed by atoms with Gasteiger partial charge in [-0.05, 0) is 13.3 Å². The van der Waals surface area contributed by atoms with Crippen molar-refractivity contribution in [3.63, 3.8) is 0 Å². The molecule has 0 aliphatic rings. The second kappa shape index (κ2) is 7.05. The molecule has 0 aromatic heterocycles. The highest BCUT2D eigenvalue weighted by molar-refractivity contribution is 5.82. The third-order valence-electron chi connectivity index (χ3n) is 2.37. The third kappa shape index (κ3) is 4.97. The van der Waals surface area contributed by atoms with Gasteiger partial charge in [0.2, 0.25) is 5.91 Å². The van der Waals surface area contributed by atoms with E-state index >= 15 is 0 Å². The van der Waals surface area contributed by atoms with Gasteiger partial charge in [-0.1, -0.05) is 12.1 Å². The van der Waals surface area contributed by atoms with Crippen LogP contribution in [0.2, 0.25) is 0 Å². The van der Waals surface area contributed by atoms with Crippen LogP contribution in [-0.4, -0.2) is 48.0 Å². The fourth-order valence-electron chi connectivity index (χ4n) is 1.43. The van der Waals surface area contributed by atoms with Crippen LogP contribution in [0.3, 0.4) is 0 Å². The third-order valence-corrected chi connectivity index (χ3v) is 2.37. The SMILES string of the molecule is CCC(CC(N)=NO)NC(C)C(=O)N(C)C. The molecule has 0 radical (unpaired) electrons. The smallest absolute Gasteiger partial charge is 0.238 e. The molecule has 0 aromatic carbocycles. The lowest BCUT2D eigenvalue weighted by molar-refractivity contribution is -0.130. The second-order valence-corrected chi connectivity index (χ2v) is 4.02. The minimum Gasteiger partial charge on any atom is -0.409 e. The van der Waals surface area contributed by atoms with Crippen LogP contribution in [0.4, 0.5) is 0 Å². The molecule has 0 saturated carbocycles. The van der Waals surface area contributed by atoms with Crippen molar-refractivity contribution in [2.24, 2.45) is 10.9 Å². The van der Waals surface area contributed by atoms with Crippen LogP contribution < -0.4 is 11.1 Å². The van der Waals surface area contributed by atoms with Crippen LogP contribution >= 0.6 is 0 Å². The molecule has 0 rings (SSSR count). The van der Waals surface area contributed by atoms with E-state index in [9.17, 15) is 4.79 Å². The molecule has 0 bridgehead atoms. The average Bonchev–Trinajstić information content (AvgIpc) is 2.26.